The molecule has 1 spiro atoms. The number of anilines is 1. The van der Waals surface area contributed by atoms with Crippen LogP contribution in [-0.4, -0.2) is 28.4 Å². The van der Waals surface area contributed by atoms with Crippen molar-refractivity contribution in [2.24, 2.45) is 5.92 Å². The number of benzene rings is 1. The predicted octanol–water partition coefficient (Wildman–Crippen LogP) is 4.08. The van der Waals surface area contributed by atoms with Crippen LogP contribution in [0.15, 0.2) is 24.3 Å². The Balaban J connectivity index is 2.02. The lowest BCUT2D eigenvalue weighted by atomic mass is 9.74. The molecule has 0 aromatic heterocycles. The molecule has 3 rings (SSSR count). The Bertz CT molecular complexity index is 608. The van der Waals surface area contributed by atoms with Gasteiger partial charge in [0.1, 0.15) is 5.54 Å². The SMILES string of the molecule is CC(C)C(C)N1C(=O)N(c2ccc(Cl)cc2)C(=O)C12CCC2. The fourth-order valence-electron chi connectivity index (χ4n) is 3.34. The molecule has 1 saturated heterocycles. The maximum atomic E-state index is 13.0. The highest BCUT2D eigenvalue weighted by molar-refractivity contribution is 6.31. The van der Waals surface area contributed by atoms with Crippen molar-refractivity contribution >= 4 is 29.2 Å². The standard InChI is InChI=1S/C17H21ClN2O2/c1-11(2)12(3)20-16(22)19(14-7-5-13(18)6-8-14)15(21)17(20)9-4-10-17/h5-8,11-12H,4,9-10H2,1-3H3. The molecule has 1 saturated carbocycles. The van der Waals surface area contributed by atoms with Gasteiger partial charge in [-0.2, -0.15) is 0 Å². The number of amides is 3. The van der Waals surface area contributed by atoms with Crippen LogP contribution in [0.3, 0.4) is 0 Å². The van der Waals surface area contributed by atoms with Crippen LogP contribution in [0.25, 0.3) is 0 Å². The van der Waals surface area contributed by atoms with Crippen molar-refractivity contribution in [1.82, 2.24) is 4.90 Å². The Morgan fingerprint density at radius 3 is 2.14 bits per heavy atom. The molecular formula is C17H21ClN2O2. The third-order valence-corrected chi connectivity index (χ3v) is 5.35. The molecular weight excluding hydrogens is 300 g/mol. The number of halogens is 1. The highest BCUT2D eigenvalue weighted by Gasteiger charge is 2.62. The van der Waals surface area contributed by atoms with Gasteiger partial charge in [0.25, 0.3) is 5.91 Å². The van der Waals surface area contributed by atoms with Gasteiger partial charge in [-0.3, -0.25) is 4.79 Å². The summed E-state index contributed by atoms with van der Waals surface area (Å²) in [5.41, 5.74) is -0.0235. The van der Waals surface area contributed by atoms with Gasteiger partial charge in [-0.1, -0.05) is 25.4 Å². The van der Waals surface area contributed by atoms with E-state index in [4.69, 9.17) is 11.6 Å². The summed E-state index contributed by atoms with van der Waals surface area (Å²) in [5, 5.41) is 0.591. The van der Waals surface area contributed by atoms with Crippen molar-refractivity contribution in [2.75, 3.05) is 4.90 Å². The number of rotatable bonds is 3. The number of urea groups is 1. The highest BCUT2D eigenvalue weighted by atomic mass is 35.5. The summed E-state index contributed by atoms with van der Waals surface area (Å²) < 4.78 is 0. The molecule has 0 bridgehead atoms. The zero-order chi connectivity index (χ0) is 16.1. The van der Waals surface area contributed by atoms with Crippen LogP contribution < -0.4 is 4.90 Å². The second kappa shape index (κ2) is 5.27. The first-order chi connectivity index (χ1) is 10.4. The van der Waals surface area contributed by atoms with Gasteiger partial charge in [-0.25, -0.2) is 9.69 Å². The van der Waals surface area contributed by atoms with E-state index < -0.39 is 5.54 Å². The van der Waals surface area contributed by atoms with Gasteiger partial charge in [0.2, 0.25) is 0 Å². The number of hydrogen-bond acceptors (Lipinski definition) is 2. The van der Waals surface area contributed by atoms with Crippen molar-refractivity contribution in [3.05, 3.63) is 29.3 Å². The lowest BCUT2D eigenvalue weighted by Gasteiger charge is -2.46. The van der Waals surface area contributed by atoms with Gasteiger partial charge in [-0.15, -0.1) is 0 Å². The first kappa shape index (κ1) is 15.3. The van der Waals surface area contributed by atoms with Crippen molar-refractivity contribution in [3.8, 4) is 0 Å². The summed E-state index contributed by atoms with van der Waals surface area (Å²) in [4.78, 5) is 29.1. The topological polar surface area (TPSA) is 40.6 Å². The van der Waals surface area contributed by atoms with E-state index >= 15 is 0 Å². The van der Waals surface area contributed by atoms with Crippen molar-refractivity contribution in [3.63, 3.8) is 0 Å². The van der Waals surface area contributed by atoms with E-state index in [1.54, 1.807) is 24.3 Å². The van der Waals surface area contributed by atoms with Crippen LogP contribution in [0.5, 0.6) is 0 Å². The largest absolute Gasteiger partial charge is 0.332 e. The zero-order valence-corrected chi connectivity index (χ0v) is 13.9. The summed E-state index contributed by atoms with van der Waals surface area (Å²) in [6.45, 7) is 6.20. The summed E-state index contributed by atoms with van der Waals surface area (Å²) in [6, 6.07) is 6.71. The summed E-state index contributed by atoms with van der Waals surface area (Å²) in [5.74, 6) is 0.220. The predicted molar refractivity (Wildman–Crippen MR) is 87.1 cm³/mol. The lowest BCUT2D eigenvalue weighted by Crippen LogP contribution is -2.58. The maximum absolute atomic E-state index is 13.0. The van der Waals surface area contributed by atoms with E-state index in [0.717, 1.165) is 19.3 Å². The van der Waals surface area contributed by atoms with E-state index in [-0.39, 0.29) is 18.0 Å². The number of hydrogen-bond donors (Lipinski definition) is 0. The normalized spacial score (nSPS) is 21.7. The van der Waals surface area contributed by atoms with E-state index in [9.17, 15) is 9.59 Å². The average molecular weight is 321 g/mol. The molecule has 1 unspecified atom stereocenters. The fourth-order valence-corrected chi connectivity index (χ4v) is 3.46. The summed E-state index contributed by atoms with van der Waals surface area (Å²) in [6.07, 6.45) is 2.52. The van der Waals surface area contributed by atoms with E-state index in [1.165, 1.54) is 4.90 Å². The number of carbonyl (C=O) groups excluding carboxylic acids is 2. The van der Waals surface area contributed by atoms with Gasteiger partial charge >= 0.3 is 6.03 Å². The second-order valence-corrected chi connectivity index (χ2v) is 7.08. The molecule has 118 valence electrons. The van der Waals surface area contributed by atoms with Crippen LogP contribution in [0.4, 0.5) is 10.5 Å². The van der Waals surface area contributed by atoms with Gasteiger partial charge in [-0.05, 0) is 56.4 Å². The van der Waals surface area contributed by atoms with E-state index in [2.05, 4.69) is 13.8 Å². The number of nitrogens with zero attached hydrogens (tertiary/aromatic N) is 2. The molecule has 0 N–H and O–H groups in total. The lowest BCUT2D eigenvalue weighted by molar-refractivity contribution is -0.130. The zero-order valence-electron chi connectivity index (χ0n) is 13.2. The average Bonchev–Trinajstić information content (AvgIpc) is 2.66. The Kier molecular flexibility index (Phi) is 3.68. The number of carbonyl (C=O) groups is 2. The highest BCUT2D eigenvalue weighted by Crippen LogP contribution is 2.47. The monoisotopic (exact) mass is 320 g/mol. The molecule has 1 aromatic rings. The third kappa shape index (κ3) is 2.04. The van der Waals surface area contributed by atoms with Crippen molar-refractivity contribution in [2.45, 2.75) is 51.6 Å². The van der Waals surface area contributed by atoms with Crippen LogP contribution >= 0.6 is 11.6 Å². The molecule has 1 aromatic carbocycles. The molecule has 2 aliphatic rings. The molecule has 1 aliphatic heterocycles. The molecule has 1 heterocycles. The van der Waals surface area contributed by atoms with Gasteiger partial charge < -0.3 is 4.90 Å². The smallest absolute Gasteiger partial charge is 0.306 e. The molecule has 5 heteroatoms. The van der Waals surface area contributed by atoms with Crippen LogP contribution in [0.1, 0.15) is 40.0 Å². The Hall–Kier alpha value is -1.55. The van der Waals surface area contributed by atoms with Gasteiger partial charge in [0.05, 0.1) is 5.69 Å². The van der Waals surface area contributed by atoms with Crippen LogP contribution in [0, 0.1) is 5.92 Å². The Labute approximate surface area is 136 Å². The molecule has 0 radical (unpaired) electrons. The molecule has 3 amide bonds. The Morgan fingerprint density at radius 2 is 1.68 bits per heavy atom. The molecule has 2 fully saturated rings. The second-order valence-electron chi connectivity index (χ2n) is 6.64. The number of imide groups is 1. The van der Waals surface area contributed by atoms with Crippen LogP contribution in [-0.2, 0) is 4.79 Å². The van der Waals surface area contributed by atoms with Gasteiger partial charge in [0.15, 0.2) is 0 Å². The quantitative estimate of drug-likeness (QED) is 0.787. The van der Waals surface area contributed by atoms with Crippen molar-refractivity contribution < 1.29 is 9.59 Å². The molecule has 22 heavy (non-hydrogen) atoms. The first-order valence-electron chi connectivity index (χ1n) is 7.82. The third-order valence-electron chi connectivity index (χ3n) is 5.10. The fraction of sp³-hybridized carbons (Fsp3) is 0.529. The van der Waals surface area contributed by atoms with E-state index in [1.807, 2.05) is 11.8 Å². The molecule has 4 nitrogen and oxygen atoms in total. The minimum atomic E-state index is -0.625. The summed E-state index contributed by atoms with van der Waals surface area (Å²) in [7, 11) is 0. The summed E-state index contributed by atoms with van der Waals surface area (Å²) >= 11 is 5.91. The minimum absolute atomic E-state index is 0.0362. The maximum Gasteiger partial charge on any atom is 0.332 e. The van der Waals surface area contributed by atoms with Crippen molar-refractivity contribution in [1.29, 1.82) is 0 Å². The van der Waals surface area contributed by atoms with Crippen LogP contribution in [0.2, 0.25) is 5.02 Å². The van der Waals surface area contributed by atoms with E-state index in [0.29, 0.717) is 16.6 Å². The van der Waals surface area contributed by atoms with Gasteiger partial charge in [0, 0.05) is 11.1 Å². The molecule has 1 atom stereocenters. The minimum Gasteiger partial charge on any atom is -0.306 e. The Morgan fingerprint density at radius 1 is 1.09 bits per heavy atom. The molecule has 1 aliphatic carbocycles. The first-order valence-corrected chi connectivity index (χ1v) is 8.20.